The van der Waals surface area contributed by atoms with Crippen LogP contribution in [0, 0.1) is 5.92 Å². The van der Waals surface area contributed by atoms with Crippen LogP contribution < -0.4 is 10.6 Å². The maximum Gasteiger partial charge on any atom is 0.356 e. The van der Waals surface area contributed by atoms with Crippen molar-refractivity contribution in [3.05, 3.63) is 30.1 Å². The van der Waals surface area contributed by atoms with Crippen molar-refractivity contribution in [1.82, 2.24) is 9.38 Å². The molecule has 0 atom stereocenters. The molecule has 0 unspecified atom stereocenters. The van der Waals surface area contributed by atoms with Crippen LogP contribution in [-0.2, 0) is 4.79 Å². The van der Waals surface area contributed by atoms with E-state index in [2.05, 4.69) is 4.98 Å². The molecule has 0 aliphatic carbocycles. The van der Waals surface area contributed by atoms with Crippen molar-refractivity contribution in [2.24, 2.45) is 11.7 Å². The van der Waals surface area contributed by atoms with Crippen LogP contribution in [0.25, 0.3) is 5.65 Å². The van der Waals surface area contributed by atoms with Crippen molar-refractivity contribution in [3.63, 3.8) is 0 Å². The number of aromatic carboxylic acids is 1. The van der Waals surface area contributed by atoms with Gasteiger partial charge in [0.05, 0.1) is 6.54 Å². The third-order valence-electron chi connectivity index (χ3n) is 2.95. The summed E-state index contributed by atoms with van der Waals surface area (Å²) in [5.41, 5.74) is 5.82. The number of imidazole rings is 1. The van der Waals surface area contributed by atoms with Gasteiger partial charge in [-0.3, -0.25) is 9.20 Å². The van der Waals surface area contributed by atoms with Gasteiger partial charge in [0, 0.05) is 12.7 Å². The van der Waals surface area contributed by atoms with Crippen molar-refractivity contribution in [1.29, 1.82) is 0 Å². The van der Waals surface area contributed by atoms with Gasteiger partial charge in [-0.25, -0.2) is 9.78 Å². The van der Waals surface area contributed by atoms with Crippen LogP contribution in [0.15, 0.2) is 24.4 Å². The lowest BCUT2D eigenvalue weighted by Gasteiger charge is -2.23. The molecule has 0 radical (unpaired) electrons. The maximum atomic E-state index is 11.6. The fourth-order valence-electron chi connectivity index (χ4n) is 2.26. The highest BCUT2D eigenvalue weighted by molar-refractivity contribution is 5.94. The van der Waals surface area contributed by atoms with E-state index in [4.69, 9.17) is 5.73 Å². The van der Waals surface area contributed by atoms with E-state index in [0.29, 0.717) is 12.2 Å². The summed E-state index contributed by atoms with van der Waals surface area (Å²) in [6, 6.07) is 5.22. The largest absolute Gasteiger partial charge is 0.476 e. The lowest BCUT2D eigenvalue weighted by Crippen LogP contribution is -2.37. The molecular weight excluding hydrogens is 272 g/mol. The highest BCUT2D eigenvalue weighted by atomic mass is 16.4. The predicted molar refractivity (Wildman–Crippen MR) is 78.4 cm³/mol. The first-order valence-electron chi connectivity index (χ1n) is 6.63. The number of nitrogens with two attached hydrogens (primary N) is 1. The zero-order valence-corrected chi connectivity index (χ0v) is 12.0. The Morgan fingerprint density at radius 2 is 2.14 bits per heavy atom. The molecule has 2 aromatic rings. The van der Waals surface area contributed by atoms with Crippen molar-refractivity contribution in [2.45, 2.75) is 13.8 Å². The maximum absolute atomic E-state index is 11.6. The molecule has 0 spiro atoms. The number of rotatable bonds is 6. The van der Waals surface area contributed by atoms with E-state index in [1.165, 1.54) is 4.40 Å². The van der Waals surface area contributed by atoms with E-state index in [1.54, 1.807) is 29.3 Å². The van der Waals surface area contributed by atoms with Gasteiger partial charge in [0.1, 0.15) is 5.65 Å². The van der Waals surface area contributed by atoms with Gasteiger partial charge >= 0.3 is 5.97 Å². The predicted octanol–water partition coefficient (Wildman–Crippen LogP) is 0.980. The highest BCUT2D eigenvalue weighted by Crippen LogP contribution is 2.22. The van der Waals surface area contributed by atoms with Crippen LogP contribution in [0.5, 0.6) is 0 Å². The summed E-state index contributed by atoms with van der Waals surface area (Å²) in [4.78, 5) is 28.8. The number of hydrogen-bond donors (Lipinski definition) is 2. The normalized spacial score (nSPS) is 11.0. The van der Waals surface area contributed by atoms with Crippen molar-refractivity contribution < 1.29 is 14.7 Å². The average molecular weight is 290 g/mol. The van der Waals surface area contributed by atoms with Crippen LogP contribution in [0.2, 0.25) is 0 Å². The standard InChI is InChI=1S/C14H18N4O3/c1-9(2)7-17(8-10(15)19)13-12(14(20)21)18-6-4-3-5-11(18)16-13/h3-6,9H,7-8H2,1-2H3,(H2,15,19)(H,20,21). The smallest absolute Gasteiger partial charge is 0.356 e. The van der Waals surface area contributed by atoms with Crippen molar-refractivity contribution >= 4 is 23.3 Å². The molecule has 0 fully saturated rings. The minimum Gasteiger partial charge on any atom is -0.476 e. The van der Waals surface area contributed by atoms with Gasteiger partial charge in [-0.2, -0.15) is 0 Å². The number of anilines is 1. The quantitative estimate of drug-likeness (QED) is 0.826. The molecule has 0 aliphatic rings. The Labute approximate surface area is 122 Å². The molecule has 3 N–H and O–H groups in total. The summed E-state index contributed by atoms with van der Waals surface area (Å²) >= 11 is 0. The molecule has 7 heteroatoms. The third-order valence-corrected chi connectivity index (χ3v) is 2.95. The van der Waals surface area contributed by atoms with E-state index in [-0.39, 0.29) is 24.0 Å². The first kappa shape index (κ1) is 14.8. The number of carboxylic acid groups (broad SMARTS) is 1. The van der Waals surface area contributed by atoms with Crippen molar-refractivity contribution in [3.8, 4) is 0 Å². The molecule has 0 aromatic carbocycles. The van der Waals surface area contributed by atoms with Crippen LogP contribution in [-0.4, -0.2) is 39.5 Å². The molecule has 0 saturated heterocycles. The molecule has 2 heterocycles. The van der Waals surface area contributed by atoms with Gasteiger partial charge in [0.2, 0.25) is 5.91 Å². The molecule has 112 valence electrons. The minimum absolute atomic E-state index is 0.0347. The van der Waals surface area contributed by atoms with Gasteiger partial charge in [-0.05, 0) is 18.1 Å². The summed E-state index contributed by atoms with van der Waals surface area (Å²) in [6.07, 6.45) is 1.63. The number of hydrogen-bond acceptors (Lipinski definition) is 4. The third kappa shape index (κ3) is 3.13. The second-order valence-electron chi connectivity index (χ2n) is 5.26. The van der Waals surface area contributed by atoms with E-state index >= 15 is 0 Å². The highest BCUT2D eigenvalue weighted by Gasteiger charge is 2.24. The van der Waals surface area contributed by atoms with Gasteiger partial charge in [-0.1, -0.05) is 19.9 Å². The molecular formula is C14H18N4O3. The van der Waals surface area contributed by atoms with Gasteiger partial charge in [0.25, 0.3) is 0 Å². The van der Waals surface area contributed by atoms with E-state index in [9.17, 15) is 14.7 Å². The summed E-state index contributed by atoms with van der Waals surface area (Å²) in [5, 5.41) is 9.47. The number of primary amides is 1. The Hall–Kier alpha value is -2.57. The molecule has 7 nitrogen and oxygen atoms in total. The van der Waals surface area contributed by atoms with E-state index in [0.717, 1.165) is 0 Å². The lowest BCUT2D eigenvalue weighted by atomic mass is 10.2. The van der Waals surface area contributed by atoms with Crippen LogP contribution in [0.3, 0.4) is 0 Å². The molecule has 2 aromatic heterocycles. The van der Waals surface area contributed by atoms with E-state index < -0.39 is 11.9 Å². The lowest BCUT2D eigenvalue weighted by molar-refractivity contribution is -0.116. The first-order valence-corrected chi connectivity index (χ1v) is 6.63. The fourth-order valence-corrected chi connectivity index (χ4v) is 2.26. The number of aromatic nitrogens is 2. The monoisotopic (exact) mass is 290 g/mol. The van der Waals surface area contributed by atoms with Crippen LogP contribution in [0.4, 0.5) is 5.82 Å². The molecule has 2 rings (SSSR count). The SMILES string of the molecule is CC(C)CN(CC(N)=O)c1nc2ccccn2c1C(=O)O. The van der Waals surface area contributed by atoms with Crippen LogP contribution in [0.1, 0.15) is 24.3 Å². The minimum atomic E-state index is -1.10. The Morgan fingerprint density at radius 1 is 1.43 bits per heavy atom. The van der Waals surface area contributed by atoms with Gasteiger partial charge < -0.3 is 15.7 Å². The number of amides is 1. The van der Waals surface area contributed by atoms with Crippen molar-refractivity contribution in [2.75, 3.05) is 18.0 Å². The average Bonchev–Trinajstić information content (AvgIpc) is 2.75. The Morgan fingerprint density at radius 3 is 2.71 bits per heavy atom. The Balaban J connectivity index is 2.57. The number of carbonyl (C=O) groups excluding carboxylic acids is 1. The number of carbonyl (C=O) groups is 2. The van der Waals surface area contributed by atoms with Gasteiger partial charge in [0.15, 0.2) is 11.5 Å². The zero-order chi connectivity index (χ0) is 15.6. The number of nitrogens with zero attached hydrogens (tertiary/aromatic N) is 3. The topological polar surface area (TPSA) is 101 Å². The molecule has 0 aliphatic heterocycles. The Kier molecular flexibility index (Phi) is 4.11. The summed E-state index contributed by atoms with van der Waals surface area (Å²) < 4.78 is 1.49. The van der Waals surface area contributed by atoms with Crippen LogP contribution >= 0.6 is 0 Å². The summed E-state index contributed by atoms with van der Waals surface area (Å²) in [5.74, 6) is -1.12. The summed E-state index contributed by atoms with van der Waals surface area (Å²) in [7, 11) is 0. The fraction of sp³-hybridized carbons (Fsp3) is 0.357. The Bertz CT molecular complexity index is 678. The second-order valence-corrected chi connectivity index (χ2v) is 5.26. The molecule has 1 amide bonds. The molecule has 0 bridgehead atoms. The zero-order valence-electron chi connectivity index (χ0n) is 12.0. The summed E-state index contributed by atoms with van der Waals surface area (Å²) in [6.45, 7) is 4.38. The second kappa shape index (κ2) is 5.82. The number of carboxylic acids is 1. The van der Waals surface area contributed by atoms with E-state index in [1.807, 2.05) is 13.8 Å². The van der Waals surface area contributed by atoms with Gasteiger partial charge in [-0.15, -0.1) is 0 Å². The first-order chi connectivity index (χ1) is 9.90. The number of fused-ring (bicyclic) bond motifs is 1. The molecule has 21 heavy (non-hydrogen) atoms. The molecule has 0 saturated carbocycles. The number of pyridine rings is 1.